The third-order valence-electron chi connectivity index (χ3n) is 7.74. The summed E-state index contributed by atoms with van der Waals surface area (Å²) in [5, 5.41) is 3.08. The Kier molecular flexibility index (Phi) is 18.8. The van der Waals surface area contributed by atoms with Crippen LogP contribution in [0.4, 0.5) is 5.95 Å². The lowest BCUT2D eigenvalue weighted by atomic mass is 10.1. The highest BCUT2D eigenvalue weighted by Gasteiger charge is 2.21. The van der Waals surface area contributed by atoms with Crippen LogP contribution in [0, 0.1) is 11.8 Å². The fraction of sp³-hybridized carbons (Fsp3) is 0.727. The van der Waals surface area contributed by atoms with Crippen LogP contribution in [0.2, 0.25) is 0 Å². The molecule has 11 nitrogen and oxygen atoms in total. The number of H-pyrrole nitrogens is 2. The van der Waals surface area contributed by atoms with Crippen molar-refractivity contribution in [2.45, 2.75) is 123 Å². The van der Waals surface area contributed by atoms with E-state index < -0.39 is 12.0 Å². The Balaban J connectivity index is 1.63. The molecule has 2 aromatic heterocycles. The summed E-state index contributed by atoms with van der Waals surface area (Å²) < 4.78 is 10.9. The van der Waals surface area contributed by atoms with Gasteiger partial charge in [-0.3, -0.25) is 19.4 Å². The van der Waals surface area contributed by atoms with Crippen molar-refractivity contribution in [1.29, 1.82) is 0 Å². The largest absolute Gasteiger partial charge is 0.466 e. The second-order valence-corrected chi connectivity index (χ2v) is 12.0. The van der Waals surface area contributed by atoms with E-state index in [1.807, 2.05) is 13.8 Å². The van der Waals surface area contributed by atoms with Gasteiger partial charge in [0.05, 0.1) is 19.5 Å². The number of unbranched alkanes of at least 4 members (excludes halogenated alkanes) is 11. The Hall–Kier alpha value is -3.21. The molecule has 0 saturated carbocycles. The van der Waals surface area contributed by atoms with Crippen molar-refractivity contribution in [3.05, 3.63) is 28.8 Å². The minimum atomic E-state index is -0.715. The zero-order valence-corrected chi connectivity index (χ0v) is 27.2. The molecule has 0 aliphatic carbocycles. The van der Waals surface area contributed by atoms with E-state index in [1.165, 1.54) is 64.1 Å². The summed E-state index contributed by atoms with van der Waals surface area (Å²) in [6.45, 7) is 6.58. The summed E-state index contributed by atoms with van der Waals surface area (Å²) in [6.07, 6.45) is 22.6. The molecule has 5 N–H and O–H groups in total. The van der Waals surface area contributed by atoms with Crippen LogP contribution in [0.15, 0.2) is 23.3 Å². The second-order valence-electron chi connectivity index (χ2n) is 12.0. The molecule has 0 aliphatic heterocycles. The zero-order chi connectivity index (χ0) is 32.0. The molecule has 2 rings (SSSR count). The van der Waals surface area contributed by atoms with Crippen LogP contribution in [0.25, 0.3) is 11.2 Å². The van der Waals surface area contributed by atoms with Crippen molar-refractivity contribution >= 4 is 29.1 Å². The molecule has 0 saturated heterocycles. The molecule has 2 aromatic rings. The summed E-state index contributed by atoms with van der Waals surface area (Å²) in [5.74, 6) is -0.692. The molecule has 0 aromatic carbocycles. The van der Waals surface area contributed by atoms with E-state index in [2.05, 4.69) is 44.3 Å². The molecule has 44 heavy (non-hydrogen) atoms. The molecule has 0 spiro atoms. The first-order valence-electron chi connectivity index (χ1n) is 16.7. The van der Waals surface area contributed by atoms with E-state index in [0.717, 1.165) is 25.7 Å². The van der Waals surface area contributed by atoms with Gasteiger partial charge in [0, 0.05) is 18.9 Å². The summed E-state index contributed by atoms with van der Waals surface area (Å²) in [6, 6.07) is -0.715. The Morgan fingerprint density at radius 2 is 1.64 bits per heavy atom. The number of nitrogens with zero attached hydrogens (tertiary/aromatic N) is 2. The molecule has 1 unspecified atom stereocenters. The number of hydrogen-bond donors (Lipinski definition) is 4. The molecular formula is C33H56N6O5. The molecule has 11 heteroatoms. The predicted octanol–water partition coefficient (Wildman–Crippen LogP) is 6.17. The van der Waals surface area contributed by atoms with Crippen molar-refractivity contribution < 1.29 is 19.1 Å². The third-order valence-corrected chi connectivity index (χ3v) is 7.74. The van der Waals surface area contributed by atoms with Crippen molar-refractivity contribution in [2.75, 3.05) is 25.1 Å². The molecule has 0 aliphatic rings. The van der Waals surface area contributed by atoms with Crippen molar-refractivity contribution in [3.8, 4) is 0 Å². The zero-order valence-electron chi connectivity index (χ0n) is 27.2. The third kappa shape index (κ3) is 15.5. The number of fused-ring (bicyclic) bond motifs is 1. The van der Waals surface area contributed by atoms with Gasteiger partial charge in [-0.05, 0) is 44.4 Å². The maximum atomic E-state index is 12.3. The van der Waals surface area contributed by atoms with Crippen LogP contribution in [0.1, 0.15) is 117 Å². The number of carbonyl (C=O) groups is 2. The maximum Gasteiger partial charge on any atom is 0.323 e. The summed E-state index contributed by atoms with van der Waals surface area (Å²) in [4.78, 5) is 50.5. The topological polar surface area (TPSA) is 165 Å². The highest BCUT2D eigenvalue weighted by atomic mass is 16.5. The number of anilines is 1. The van der Waals surface area contributed by atoms with Crippen molar-refractivity contribution in [2.24, 2.45) is 17.6 Å². The number of imidazole rings is 1. The first-order chi connectivity index (χ1) is 21.3. The highest BCUT2D eigenvalue weighted by Crippen LogP contribution is 2.13. The lowest BCUT2D eigenvalue weighted by Gasteiger charge is -2.20. The first kappa shape index (κ1) is 37.0. The number of rotatable bonds is 25. The number of ether oxygens (including phenoxy) is 2. The van der Waals surface area contributed by atoms with Gasteiger partial charge in [-0.2, -0.15) is 4.98 Å². The number of allylic oxidation sites excluding steroid dienone is 2. The van der Waals surface area contributed by atoms with Crippen LogP contribution in [-0.2, 0) is 19.1 Å². The maximum absolute atomic E-state index is 12.3. The molecular weight excluding hydrogens is 560 g/mol. The number of esters is 2. The number of aromatic amines is 2. The predicted molar refractivity (Wildman–Crippen MR) is 175 cm³/mol. The number of nitrogens with one attached hydrogen (secondary N) is 3. The van der Waals surface area contributed by atoms with Gasteiger partial charge in [0.2, 0.25) is 5.95 Å². The Bertz CT molecular complexity index is 1160. The monoisotopic (exact) mass is 616 g/mol. The van der Waals surface area contributed by atoms with E-state index in [-0.39, 0.29) is 42.5 Å². The van der Waals surface area contributed by atoms with Crippen molar-refractivity contribution in [3.63, 3.8) is 0 Å². The van der Waals surface area contributed by atoms with Crippen LogP contribution < -0.4 is 16.6 Å². The van der Waals surface area contributed by atoms with Gasteiger partial charge in [0.15, 0.2) is 11.2 Å². The van der Waals surface area contributed by atoms with E-state index in [0.29, 0.717) is 30.6 Å². The fourth-order valence-electron chi connectivity index (χ4n) is 4.73. The molecule has 0 fully saturated rings. The van der Waals surface area contributed by atoms with E-state index in [4.69, 9.17) is 15.2 Å². The number of nitrogens with two attached hydrogens (primary N) is 1. The van der Waals surface area contributed by atoms with Crippen LogP contribution in [-0.4, -0.2) is 57.7 Å². The van der Waals surface area contributed by atoms with E-state index in [1.54, 1.807) is 0 Å². The quantitative estimate of drug-likeness (QED) is 0.0580. The van der Waals surface area contributed by atoms with E-state index in [9.17, 15) is 14.4 Å². The summed E-state index contributed by atoms with van der Waals surface area (Å²) >= 11 is 0. The standard InChI is InChI=1S/C33H56N6O5/c1-4-5-6-7-8-9-10-11-12-13-14-15-16-17-18-19-27(40)43-21-20-26(23-44-32(42)28(34)25(2)3)22-35-33-38-30-29(31(41)39-33)36-24-37-30/h11-12,24-26,28H,4-10,13-23,34H2,1-3H3,(H3,35,36,37,38,39,41)/t26?,28-/m0/s1. The minimum Gasteiger partial charge on any atom is -0.466 e. The van der Waals surface area contributed by atoms with Crippen LogP contribution >= 0.6 is 0 Å². The normalized spacial score (nSPS) is 13.0. The number of aromatic nitrogens is 4. The number of hydrogen-bond acceptors (Lipinski definition) is 9. The average Bonchev–Trinajstić information content (AvgIpc) is 3.49. The first-order valence-corrected chi connectivity index (χ1v) is 16.7. The Morgan fingerprint density at radius 3 is 2.32 bits per heavy atom. The highest BCUT2D eigenvalue weighted by molar-refractivity contribution is 5.75. The lowest BCUT2D eigenvalue weighted by molar-refractivity contribution is -0.149. The molecule has 0 bridgehead atoms. The van der Waals surface area contributed by atoms with Crippen LogP contribution in [0.5, 0.6) is 0 Å². The molecule has 2 atom stereocenters. The van der Waals surface area contributed by atoms with Gasteiger partial charge in [-0.1, -0.05) is 84.3 Å². The van der Waals surface area contributed by atoms with Crippen molar-refractivity contribution in [1.82, 2.24) is 19.9 Å². The van der Waals surface area contributed by atoms with Gasteiger partial charge >= 0.3 is 11.9 Å². The van der Waals surface area contributed by atoms with Gasteiger partial charge in [-0.25, -0.2) is 4.98 Å². The Morgan fingerprint density at radius 1 is 0.977 bits per heavy atom. The van der Waals surface area contributed by atoms with Gasteiger partial charge < -0.3 is 25.5 Å². The fourth-order valence-corrected chi connectivity index (χ4v) is 4.73. The molecule has 0 radical (unpaired) electrons. The van der Waals surface area contributed by atoms with Gasteiger partial charge in [0.1, 0.15) is 6.04 Å². The Labute approximate surface area is 262 Å². The molecule has 2 heterocycles. The van der Waals surface area contributed by atoms with E-state index >= 15 is 0 Å². The average molecular weight is 617 g/mol. The molecule has 0 amide bonds. The summed E-state index contributed by atoms with van der Waals surface area (Å²) in [7, 11) is 0. The molecule has 248 valence electrons. The second kappa shape index (κ2) is 22.3. The summed E-state index contributed by atoms with van der Waals surface area (Å²) in [5.41, 5.74) is 6.17. The SMILES string of the molecule is CCCCCCCCC=CCCCCCCCC(=O)OCCC(CNc1nc2nc[nH]c2c(=O)[nH]1)COC(=O)[C@@H](N)C(C)C. The van der Waals surface area contributed by atoms with Gasteiger partial charge in [0.25, 0.3) is 5.56 Å². The van der Waals surface area contributed by atoms with Crippen LogP contribution in [0.3, 0.4) is 0 Å². The minimum absolute atomic E-state index is 0.0496. The lowest BCUT2D eigenvalue weighted by Crippen LogP contribution is -2.38. The number of carbonyl (C=O) groups excluding carboxylic acids is 2. The smallest absolute Gasteiger partial charge is 0.323 e. The van der Waals surface area contributed by atoms with Gasteiger partial charge in [-0.15, -0.1) is 0 Å².